The van der Waals surface area contributed by atoms with E-state index in [1.807, 2.05) is 5.43 Å². The molecule has 0 aliphatic carbocycles. The Hall–Kier alpha value is -2.65. The van der Waals surface area contributed by atoms with Crippen molar-refractivity contribution in [3.8, 4) is 0 Å². The number of benzene rings is 1. The summed E-state index contributed by atoms with van der Waals surface area (Å²) in [5, 5.41) is 3.17. The zero-order valence-electron chi connectivity index (χ0n) is 11.0. The van der Waals surface area contributed by atoms with Crippen LogP contribution in [0.1, 0.15) is 16.1 Å². The number of nitrogens with zero attached hydrogens (tertiary/aromatic N) is 2. The van der Waals surface area contributed by atoms with Crippen molar-refractivity contribution in [1.29, 1.82) is 0 Å². The van der Waals surface area contributed by atoms with Gasteiger partial charge in [-0.05, 0) is 12.1 Å². The van der Waals surface area contributed by atoms with Crippen LogP contribution in [0.3, 0.4) is 0 Å². The van der Waals surface area contributed by atoms with Gasteiger partial charge in [-0.3, -0.25) is 20.3 Å². The Morgan fingerprint density at radius 3 is 2.55 bits per heavy atom. The van der Waals surface area contributed by atoms with Gasteiger partial charge < -0.3 is 0 Å². The number of rotatable bonds is 3. The second-order valence-electron chi connectivity index (χ2n) is 4.27. The van der Waals surface area contributed by atoms with Gasteiger partial charge in [-0.1, -0.05) is 0 Å². The summed E-state index contributed by atoms with van der Waals surface area (Å²) in [7, 11) is 1.22. The fourth-order valence-electron chi connectivity index (χ4n) is 1.65. The SMILES string of the molecule is Cn1cc(C(=O)NNc2ccc(F)cc2F)c(C(F)(F)F)n1. The molecule has 0 aliphatic rings. The van der Waals surface area contributed by atoms with E-state index in [4.69, 9.17) is 0 Å². The number of alkyl halides is 3. The van der Waals surface area contributed by atoms with Gasteiger partial charge in [-0.25, -0.2) is 8.78 Å². The number of aromatic nitrogens is 2. The van der Waals surface area contributed by atoms with Crippen molar-refractivity contribution in [3.05, 3.63) is 47.3 Å². The second-order valence-corrected chi connectivity index (χ2v) is 4.27. The molecule has 0 unspecified atom stereocenters. The average Bonchev–Trinajstić information content (AvgIpc) is 2.79. The number of hydrogen-bond donors (Lipinski definition) is 2. The number of carbonyl (C=O) groups is 1. The molecule has 1 aromatic heterocycles. The summed E-state index contributed by atoms with van der Waals surface area (Å²) in [6.07, 6.45) is -3.93. The van der Waals surface area contributed by atoms with Crippen molar-refractivity contribution in [2.24, 2.45) is 7.05 Å². The molecule has 0 bridgehead atoms. The molecular weight excluding hydrogens is 311 g/mol. The molecule has 10 heteroatoms. The van der Waals surface area contributed by atoms with Crippen LogP contribution >= 0.6 is 0 Å². The van der Waals surface area contributed by atoms with E-state index in [9.17, 15) is 26.7 Å². The lowest BCUT2D eigenvalue weighted by atomic mass is 10.2. The van der Waals surface area contributed by atoms with Crippen LogP contribution in [-0.4, -0.2) is 15.7 Å². The molecule has 2 rings (SSSR count). The molecule has 1 amide bonds. The van der Waals surface area contributed by atoms with E-state index in [0.29, 0.717) is 6.07 Å². The van der Waals surface area contributed by atoms with Crippen LogP contribution in [0.2, 0.25) is 0 Å². The fraction of sp³-hybridized carbons (Fsp3) is 0.167. The second kappa shape index (κ2) is 5.62. The molecule has 0 spiro atoms. The molecule has 1 heterocycles. The maximum atomic E-state index is 13.3. The molecule has 2 N–H and O–H groups in total. The largest absolute Gasteiger partial charge is 0.435 e. The smallest absolute Gasteiger partial charge is 0.295 e. The summed E-state index contributed by atoms with van der Waals surface area (Å²) in [6.45, 7) is 0. The van der Waals surface area contributed by atoms with Crippen LogP contribution < -0.4 is 10.9 Å². The summed E-state index contributed by atoms with van der Waals surface area (Å²) in [6, 6.07) is 2.46. The third-order valence-electron chi connectivity index (χ3n) is 2.58. The van der Waals surface area contributed by atoms with E-state index >= 15 is 0 Å². The first kappa shape index (κ1) is 15.7. The lowest BCUT2D eigenvalue weighted by Gasteiger charge is -2.10. The normalized spacial score (nSPS) is 11.4. The highest BCUT2D eigenvalue weighted by Gasteiger charge is 2.39. The van der Waals surface area contributed by atoms with Gasteiger partial charge in [0, 0.05) is 19.3 Å². The van der Waals surface area contributed by atoms with Gasteiger partial charge in [0.1, 0.15) is 5.82 Å². The van der Waals surface area contributed by atoms with Crippen molar-refractivity contribution >= 4 is 11.6 Å². The molecule has 0 saturated carbocycles. The molecule has 0 aliphatic heterocycles. The van der Waals surface area contributed by atoms with Gasteiger partial charge in [0.15, 0.2) is 11.5 Å². The van der Waals surface area contributed by atoms with E-state index in [2.05, 4.69) is 10.5 Å². The number of hydrazine groups is 1. The molecule has 5 nitrogen and oxygen atoms in total. The molecule has 0 radical (unpaired) electrons. The Kier molecular flexibility index (Phi) is 4.02. The molecule has 22 heavy (non-hydrogen) atoms. The number of aryl methyl sites for hydroxylation is 1. The Morgan fingerprint density at radius 2 is 1.95 bits per heavy atom. The molecule has 1 aromatic carbocycles. The average molecular weight is 320 g/mol. The van der Waals surface area contributed by atoms with Gasteiger partial charge in [0.25, 0.3) is 5.91 Å². The van der Waals surface area contributed by atoms with Crippen molar-refractivity contribution < 1.29 is 26.7 Å². The molecular formula is C12H9F5N4O. The number of amides is 1. The topological polar surface area (TPSA) is 59.0 Å². The summed E-state index contributed by atoms with van der Waals surface area (Å²) in [5.41, 5.74) is 1.58. The van der Waals surface area contributed by atoms with Gasteiger partial charge in [0.2, 0.25) is 0 Å². The first-order valence-electron chi connectivity index (χ1n) is 5.80. The first-order chi connectivity index (χ1) is 10.2. The Balaban J connectivity index is 2.16. The zero-order chi connectivity index (χ0) is 16.5. The lowest BCUT2D eigenvalue weighted by Crippen LogP contribution is -2.31. The lowest BCUT2D eigenvalue weighted by molar-refractivity contribution is -0.141. The van der Waals surface area contributed by atoms with E-state index < -0.39 is 35.0 Å². The van der Waals surface area contributed by atoms with E-state index in [1.165, 1.54) is 7.05 Å². The summed E-state index contributed by atoms with van der Waals surface area (Å²) in [4.78, 5) is 11.8. The monoisotopic (exact) mass is 320 g/mol. The van der Waals surface area contributed by atoms with Crippen molar-refractivity contribution in [3.63, 3.8) is 0 Å². The zero-order valence-corrected chi connectivity index (χ0v) is 11.0. The predicted octanol–water partition coefficient (Wildman–Crippen LogP) is 2.47. The highest BCUT2D eigenvalue weighted by molar-refractivity contribution is 5.95. The third-order valence-corrected chi connectivity index (χ3v) is 2.58. The van der Waals surface area contributed by atoms with E-state index in [1.54, 1.807) is 0 Å². The van der Waals surface area contributed by atoms with E-state index in [0.717, 1.165) is 23.0 Å². The van der Waals surface area contributed by atoms with Crippen molar-refractivity contribution in [1.82, 2.24) is 15.2 Å². The summed E-state index contributed by atoms with van der Waals surface area (Å²) in [5.74, 6) is -3.01. The maximum absolute atomic E-state index is 13.3. The maximum Gasteiger partial charge on any atom is 0.435 e. The van der Waals surface area contributed by atoms with Gasteiger partial charge >= 0.3 is 6.18 Å². The van der Waals surface area contributed by atoms with Crippen LogP contribution in [-0.2, 0) is 13.2 Å². The highest BCUT2D eigenvalue weighted by Crippen LogP contribution is 2.30. The highest BCUT2D eigenvalue weighted by atomic mass is 19.4. The number of anilines is 1. The van der Waals surface area contributed by atoms with Crippen LogP contribution in [0.4, 0.5) is 27.6 Å². The van der Waals surface area contributed by atoms with Gasteiger partial charge in [0.05, 0.1) is 11.3 Å². The molecule has 118 valence electrons. The van der Waals surface area contributed by atoms with Crippen molar-refractivity contribution in [2.45, 2.75) is 6.18 Å². The number of hydrogen-bond acceptors (Lipinski definition) is 3. The quantitative estimate of drug-likeness (QED) is 0.675. The van der Waals surface area contributed by atoms with Crippen LogP contribution in [0.5, 0.6) is 0 Å². The minimum absolute atomic E-state index is 0.299. The summed E-state index contributed by atoms with van der Waals surface area (Å²) >= 11 is 0. The molecule has 0 atom stereocenters. The molecule has 2 aromatic rings. The van der Waals surface area contributed by atoms with Crippen molar-refractivity contribution in [2.75, 3.05) is 5.43 Å². The first-order valence-corrected chi connectivity index (χ1v) is 5.80. The fourth-order valence-corrected chi connectivity index (χ4v) is 1.65. The standard InChI is InChI=1S/C12H9F5N4O/c1-21-5-7(10(20-21)12(15,16)17)11(22)19-18-9-3-2-6(13)4-8(9)14/h2-5,18H,1H3,(H,19,22). The predicted molar refractivity (Wildman–Crippen MR) is 65.7 cm³/mol. The Labute approximate surface area is 120 Å². The molecule has 0 saturated heterocycles. The number of carbonyl (C=O) groups excluding carboxylic acids is 1. The summed E-state index contributed by atoms with van der Waals surface area (Å²) < 4.78 is 65.0. The van der Waals surface area contributed by atoms with Crippen LogP contribution in [0.25, 0.3) is 0 Å². The van der Waals surface area contributed by atoms with E-state index in [-0.39, 0.29) is 5.69 Å². The molecule has 0 fully saturated rings. The number of halogens is 5. The minimum Gasteiger partial charge on any atom is -0.295 e. The van der Waals surface area contributed by atoms with Crippen LogP contribution in [0, 0.1) is 11.6 Å². The number of nitrogens with one attached hydrogen (secondary N) is 2. The van der Waals surface area contributed by atoms with Gasteiger partial charge in [-0.2, -0.15) is 18.3 Å². The Bertz CT molecular complexity index is 710. The minimum atomic E-state index is -4.81. The van der Waals surface area contributed by atoms with Crippen LogP contribution in [0.15, 0.2) is 24.4 Å². The third kappa shape index (κ3) is 3.32. The van der Waals surface area contributed by atoms with Gasteiger partial charge in [-0.15, -0.1) is 0 Å². The Morgan fingerprint density at radius 1 is 1.27 bits per heavy atom.